The summed E-state index contributed by atoms with van der Waals surface area (Å²) in [7, 11) is 0. The summed E-state index contributed by atoms with van der Waals surface area (Å²) < 4.78 is 11.3. The average molecular weight is 353 g/mol. The van der Waals surface area contributed by atoms with Crippen molar-refractivity contribution in [2.45, 2.75) is 25.8 Å². The number of para-hydroxylation sites is 1. The number of rotatable bonds is 8. The summed E-state index contributed by atoms with van der Waals surface area (Å²) in [5.74, 6) is 0.317. The molecule has 5 heteroatoms. The van der Waals surface area contributed by atoms with Gasteiger partial charge in [-0.2, -0.15) is 0 Å². The number of imide groups is 1. The van der Waals surface area contributed by atoms with E-state index in [1.165, 1.54) is 4.90 Å². The van der Waals surface area contributed by atoms with Crippen LogP contribution in [0.15, 0.2) is 54.6 Å². The first-order valence-electron chi connectivity index (χ1n) is 8.74. The van der Waals surface area contributed by atoms with E-state index in [0.717, 1.165) is 12.2 Å². The van der Waals surface area contributed by atoms with E-state index in [1.807, 2.05) is 44.2 Å². The molecule has 0 aliphatic carbocycles. The summed E-state index contributed by atoms with van der Waals surface area (Å²) >= 11 is 0. The highest BCUT2D eigenvalue weighted by Crippen LogP contribution is 2.29. The van der Waals surface area contributed by atoms with Crippen LogP contribution in [-0.2, 0) is 4.74 Å². The van der Waals surface area contributed by atoms with E-state index in [-0.39, 0.29) is 18.4 Å². The van der Waals surface area contributed by atoms with Crippen molar-refractivity contribution in [2.75, 3.05) is 19.8 Å². The summed E-state index contributed by atoms with van der Waals surface area (Å²) in [4.78, 5) is 26.5. The van der Waals surface area contributed by atoms with Gasteiger partial charge < -0.3 is 9.47 Å². The number of benzene rings is 2. The van der Waals surface area contributed by atoms with Crippen LogP contribution >= 0.6 is 0 Å². The van der Waals surface area contributed by atoms with E-state index in [4.69, 9.17) is 9.47 Å². The van der Waals surface area contributed by atoms with E-state index < -0.39 is 5.54 Å². The van der Waals surface area contributed by atoms with Crippen molar-refractivity contribution in [2.24, 2.45) is 0 Å². The van der Waals surface area contributed by atoms with Crippen molar-refractivity contribution in [3.63, 3.8) is 0 Å². The smallest absolute Gasteiger partial charge is 0.262 e. The molecular weight excluding hydrogens is 330 g/mol. The third-order valence-electron chi connectivity index (χ3n) is 4.30. The van der Waals surface area contributed by atoms with Crippen molar-refractivity contribution < 1.29 is 19.1 Å². The Bertz CT molecular complexity index is 751. The van der Waals surface area contributed by atoms with Gasteiger partial charge in [0, 0.05) is 13.0 Å². The molecule has 2 amide bonds. The van der Waals surface area contributed by atoms with Gasteiger partial charge in [-0.05, 0) is 38.1 Å². The third kappa shape index (κ3) is 3.78. The quantitative estimate of drug-likeness (QED) is 0.538. The molecule has 0 bridgehead atoms. The number of carbonyl (C=O) groups is 2. The molecule has 136 valence electrons. The van der Waals surface area contributed by atoms with E-state index in [0.29, 0.717) is 24.3 Å². The van der Waals surface area contributed by atoms with Crippen LogP contribution in [0.4, 0.5) is 0 Å². The molecule has 0 atom stereocenters. The van der Waals surface area contributed by atoms with Gasteiger partial charge in [0.05, 0.1) is 29.9 Å². The van der Waals surface area contributed by atoms with Gasteiger partial charge in [-0.1, -0.05) is 30.3 Å². The Hall–Kier alpha value is -2.66. The molecule has 2 aromatic rings. The van der Waals surface area contributed by atoms with Crippen LogP contribution in [0.5, 0.6) is 5.75 Å². The van der Waals surface area contributed by atoms with E-state index in [9.17, 15) is 9.59 Å². The minimum Gasteiger partial charge on any atom is -0.494 e. The van der Waals surface area contributed by atoms with Gasteiger partial charge in [0.15, 0.2) is 0 Å². The molecule has 0 N–H and O–H groups in total. The number of hydrogen-bond donors (Lipinski definition) is 0. The molecule has 5 nitrogen and oxygen atoms in total. The molecule has 1 aliphatic heterocycles. The Kier molecular flexibility index (Phi) is 5.38. The number of nitrogens with zero attached hydrogens (tertiary/aromatic N) is 1. The molecule has 1 heterocycles. The van der Waals surface area contributed by atoms with Gasteiger partial charge in [0.25, 0.3) is 11.8 Å². The zero-order chi connectivity index (χ0) is 18.6. The molecule has 3 rings (SSSR count). The Morgan fingerprint density at radius 1 is 0.846 bits per heavy atom. The summed E-state index contributed by atoms with van der Waals surface area (Å²) in [6.45, 7) is 5.02. The van der Waals surface area contributed by atoms with Crippen LogP contribution in [0, 0.1) is 0 Å². The monoisotopic (exact) mass is 353 g/mol. The number of amides is 2. The Labute approximate surface area is 153 Å². The largest absolute Gasteiger partial charge is 0.494 e. The predicted molar refractivity (Wildman–Crippen MR) is 98.4 cm³/mol. The molecule has 0 spiro atoms. The highest BCUT2D eigenvalue weighted by Gasteiger charge is 2.43. The fourth-order valence-electron chi connectivity index (χ4n) is 2.99. The molecule has 2 aromatic carbocycles. The van der Waals surface area contributed by atoms with E-state index in [2.05, 4.69) is 0 Å². The second-order valence-electron chi connectivity index (χ2n) is 6.87. The Morgan fingerprint density at radius 3 is 2.04 bits per heavy atom. The molecule has 0 aromatic heterocycles. The molecule has 0 saturated carbocycles. The molecule has 0 unspecified atom stereocenters. The highest BCUT2D eigenvalue weighted by atomic mass is 16.5. The molecule has 26 heavy (non-hydrogen) atoms. The number of carbonyl (C=O) groups excluding carboxylic acids is 2. The first-order valence-corrected chi connectivity index (χ1v) is 8.74. The maximum absolute atomic E-state index is 12.6. The average Bonchev–Trinajstić information content (AvgIpc) is 2.91. The Balaban J connectivity index is 1.47. The summed E-state index contributed by atoms with van der Waals surface area (Å²) in [5.41, 5.74) is 0.205. The summed E-state index contributed by atoms with van der Waals surface area (Å²) in [6, 6.07) is 16.5. The number of hydrogen-bond acceptors (Lipinski definition) is 4. The topological polar surface area (TPSA) is 55.8 Å². The summed E-state index contributed by atoms with van der Waals surface area (Å²) in [5, 5.41) is 0. The standard InChI is InChI=1S/C21H23NO4/c1-21(2,15-25-13-8-14-26-16-9-4-3-5-10-16)22-19(23)17-11-6-7-12-18(17)20(22)24/h3-7,9-12H,8,13-15H2,1-2H3. The van der Waals surface area contributed by atoms with Crippen molar-refractivity contribution in [1.82, 2.24) is 4.90 Å². The van der Waals surface area contributed by atoms with Crippen molar-refractivity contribution in [1.29, 1.82) is 0 Å². The molecule has 1 aliphatic rings. The number of fused-ring (bicyclic) bond motifs is 1. The Morgan fingerprint density at radius 2 is 1.42 bits per heavy atom. The third-order valence-corrected chi connectivity index (χ3v) is 4.30. The van der Waals surface area contributed by atoms with Crippen LogP contribution in [0.25, 0.3) is 0 Å². The van der Waals surface area contributed by atoms with Gasteiger partial charge >= 0.3 is 0 Å². The maximum Gasteiger partial charge on any atom is 0.262 e. The highest BCUT2D eigenvalue weighted by molar-refractivity contribution is 6.21. The molecule has 0 saturated heterocycles. The van der Waals surface area contributed by atoms with Crippen LogP contribution < -0.4 is 4.74 Å². The lowest BCUT2D eigenvalue weighted by Gasteiger charge is -2.33. The van der Waals surface area contributed by atoms with Crippen LogP contribution in [0.1, 0.15) is 41.0 Å². The van der Waals surface area contributed by atoms with Crippen molar-refractivity contribution >= 4 is 11.8 Å². The van der Waals surface area contributed by atoms with Crippen LogP contribution in [0.2, 0.25) is 0 Å². The lowest BCUT2D eigenvalue weighted by Crippen LogP contribution is -2.50. The second kappa shape index (κ2) is 7.70. The zero-order valence-electron chi connectivity index (χ0n) is 15.1. The SMILES string of the molecule is CC(C)(COCCCOc1ccccc1)N1C(=O)c2ccccc2C1=O. The minimum absolute atomic E-state index is 0.258. The van der Waals surface area contributed by atoms with Gasteiger partial charge in [0.2, 0.25) is 0 Å². The molecular formula is C21H23NO4. The van der Waals surface area contributed by atoms with Crippen molar-refractivity contribution in [3.8, 4) is 5.75 Å². The van der Waals surface area contributed by atoms with Crippen molar-refractivity contribution in [3.05, 3.63) is 65.7 Å². The van der Waals surface area contributed by atoms with Crippen LogP contribution in [0.3, 0.4) is 0 Å². The second-order valence-corrected chi connectivity index (χ2v) is 6.87. The lowest BCUT2D eigenvalue weighted by molar-refractivity contribution is 0.0141. The van der Waals surface area contributed by atoms with Gasteiger partial charge in [-0.3, -0.25) is 14.5 Å². The molecule has 0 fully saturated rings. The number of ether oxygens (including phenoxy) is 2. The van der Waals surface area contributed by atoms with Gasteiger partial charge in [-0.15, -0.1) is 0 Å². The summed E-state index contributed by atoms with van der Waals surface area (Å²) in [6.07, 6.45) is 0.729. The lowest BCUT2D eigenvalue weighted by atomic mass is 10.0. The maximum atomic E-state index is 12.6. The first kappa shape index (κ1) is 18.1. The fraction of sp³-hybridized carbons (Fsp3) is 0.333. The van der Waals surface area contributed by atoms with E-state index >= 15 is 0 Å². The normalized spacial score (nSPS) is 13.8. The van der Waals surface area contributed by atoms with Crippen LogP contribution in [-0.4, -0.2) is 42.1 Å². The predicted octanol–water partition coefficient (Wildman–Crippen LogP) is 3.55. The van der Waals surface area contributed by atoms with Gasteiger partial charge in [-0.25, -0.2) is 0 Å². The zero-order valence-corrected chi connectivity index (χ0v) is 15.1. The molecule has 0 radical (unpaired) electrons. The van der Waals surface area contributed by atoms with Gasteiger partial charge in [0.1, 0.15) is 5.75 Å². The minimum atomic E-state index is -0.715. The first-order chi connectivity index (χ1) is 12.5. The van der Waals surface area contributed by atoms with E-state index in [1.54, 1.807) is 24.3 Å². The fourth-order valence-corrected chi connectivity index (χ4v) is 2.99.